The summed E-state index contributed by atoms with van der Waals surface area (Å²) in [4.78, 5) is 28.4. The Hall–Kier alpha value is -1.98. The van der Waals surface area contributed by atoms with Gasteiger partial charge < -0.3 is 10.6 Å². The molecule has 11 heteroatoms. The van der Waals surface area contributed by atoms with Gasteiger partial charge >= 0.3 is 0 Å². The first-order valence-electron chi connectivity index (χ1n) is 9.89. The summed E-state index contributed by atoms with van der Waals surface area (Å²) in [5.41, 5.74) is 7.76. The Bertz CT molecular complexity index is 1100. The van der Waals surface area contributed by atoms with Gasteiger partial charge in [0, 0.05) is 32.7 Å². The minimum atomic E-state index is -3.61. The topological polar surface area (TPSA) is 104 Å². The summed E-state index contributed by atoms with van der Waals surface area (Å²) in [5, 5.41) is 0. The summed E-state index contributed by atoms with van der Waals surface area (Å²) in [6, 6.07) is 10.3. The average molecular weight is 483 g/mol. The minimum absolute atomic E-state index is 0.0647. The molecule has 1 aromatic carbocycles. The second kappa shape index (κ2) is 8.87. The molecule has 0 saturated carbocycles. The van der Waals surface area contributed by atoms with Crippen LogP contribution in [0.4, 0.5) is 0 Å². The number of rotatable bonds is 5. The molecule has 2 aliphatic rings. The lowest BCUT2D eigenvalue weighted by molar-refractivity contribution is -0.136. The van der Waals surface area contributed by atoms with Gasteiger partial charge in [-0.05, 0) is 29.7 Å². The van der Waals surface area contributed by atoms with E-state index in [9.17, 15) is 18.0 Å². The fourth-order valence-corrected chi connectivity index (χ4v) is 7.10. The Morgan fingerprint density at radius 2 is 1.74 bits per heavy atom. The molecule has 1 atom stereocenters. The number of piperazine rings is 1. The third kappa shape index (κ3) is 4.63. The van der Waals surface area contributed by atoms with Crippen molar-refractivity contribution in [3.05, 3.63) is 51.9 Å². The number of halogens is 1. The van der Waals surface area contributed by atoms with Crippen molar-refractivity contribution < 1.29 is 18.0 Å². The molecule has 31 heavy (non-hydrogen) atoms. The molecule has 0 radical (unpaired) electrons. The van der Waals surface area contributed by atoms with Crippen molar-refractivity contribution in [3.63, 3.8) is 0 Å². The summed E-state index contributed by atoms with van der Waals surface area (Å²) < 4.78 is 27.5. The molecule has 1 saturated heterocycles. The van der Waals surface area contributed by atoms with Crippen LogP contribution in [-0.4, -0.2) is 73.1 Å². The van der Waals surface area contributed by atoms with E-state index in [2.05, 4.69) is 0 Å². The number of benzene rings is 1. The highest BCUT2D eigenvalue weighted by atomic mass is 35.5. The third-order valence-electron chi connectivity index (χ3n) is 5.75. The molecule has 0 bridgehead atoms. The Morgan fingerprint density at radius 3 is 2.35 bits per heavy atom. The van der Waals surface area contributed by atoms with Gasteiger partial charge in [-0.2, -0.15) is 4.31 Å². The van der Waals surface area contributed by atoms with Crippen LogP contribution >= 0.6 is 22.9 Å². The highest BCUT2D eigenvalue weighted by Gasteiger charge is 2.34. The number of sulfonamides is 1. The molecule has 2 amide bonds. The number of hydrogen-bond acceptors (Lipinski definition) is 6. The van der Waals surface area contributed by atoms with Gasteiger partial charge in [0.25, 0.3) is 10.0 Å². The van der Waals surface area contributed by atoms with Crippen LogP contribution in [0.1, 0.15) is 11.1 Å². The van der Waals surface area contributed by atoms with Gasteiger partial charge in [-0.15, -0.1) is 11.3 Å². The SMILES string of the molecule is NC(=O)C1Cc2ccccc2CN1CC(=O)N1CCN(S(=O)(=O)c2ccc(Cl)s2)CC1. The Labute approximate surface area is 190 Å². The highest BCUT2D eigenvalue weighted by molar-refractivity contribution is 7.91. The molecule has 1 fully saturated rings. The summed E-state index contributed by atoms with van der Waals surface area (Å²) in [6.07, 6.45) is 0.480. The third-order valence-corrected chi connectivity index (χ3v) is 9.34. The quantitative estimate of drug-likeness (QED) is 0.688. The lowest BCUT2D eigenvalue weighted by Crippen LogP contribution is -2.55. The van der Waals surface area contributed by atoms with E-state index < -0.39 is 22.0 Å². The molecular formula is C20H23ClN4O4S2. The molecule has 4 rings (SSSR count). The van der Waals surface area contributed by atoms with E-state index in [1.54, 1.807) is 11.0 Å². The molecule has 2 aromatic rings. The first-order chi connectivity index (χ1) is 14.8. The van der Waals surface area contributed by atoms with E-state index in [1.807, 2.05) is 29.2 Å². The summed E-state index contributed by atoms with van der Waals surface area (Å²) >= 11 is 6.89. The highest BCUT2D eigenvalue weighted by Crippen LogP contribution is 2.29. The van der Waals surface area contributed by atoms with Crippen LogP contribution in [0.25, 0.3) is 0 Å². The Kier molecular flexibility index (Phi) is 6.36. The summed E-state index contributed by atoms with van der Waals surface area (Å²) in [7, 11) is -3.61. The largest absolute Gasteiger partial charge is 0.368 e. The molecule has 0 spiro atoms. The zero-order chi connectivity index (χ0) is 22.2. The maximum absolute atomic E-state index is 12.9. The molecule has 3 heterocycles. The second-order valence-electron chi connectivity index (χ2n) is 7.64. The van der Waals surface area contributed by atoms with Gasteiger partial charge in [0.1, 0.15) is 4.21 Å². The maximum Gasteiger partial charge on any atom is 0.252 e. The number of amides is 2. The van der Waals surface area contributed by atoms with Crippen LogP contribution < -0.4 is 5.73 Å². The first-order valence-corrected chi connectivity index (χ1v) is 12.5. The summed E-state index contributed by atoms with van der Waals surface area (Å²) in [6.45, 7) is 1.56. The number of carbonyl (C=O) groups excluding carboxylic acids is 2. The van der Waals surface area contributed by atoms with Gasteiger partial charge in [-0.25, -0.2) is 8.42 Å². The van der Waals surface area contributed by atoms with Gasteiger partial charge in [0.2, 0.25) is 11.8 Å². The van der Waals surface area contributed by atoms with Crippen molar-refractivity contribution in [2.24, 2.45) is 5.73 Å². The van der Waals surface area contributed by atoms with Gasteiger partial charge in [0.15, 0.2) is 0 Å². The van der Waals surface area contributed by atoms with Crippen LogP contribution in [0.3, 0.4) is 0 Å². The number of thiophene rings is 1. The monoisotopic (exact) mass is 482 g/mol. The van der Waals surface area contributed by atoms with Crippen LogP contribution in [0, 0.1) is 0 Å². The van der Waals surface area contributed by atoms with Crippen molar-refractivity contribution >= 4 is 44.8 Å². The molecule has 1 unspecified atom stereocenters. The molecule has 2 aliphatic heterocycles. The van der Waals surface area contributed by atoms with E-state index in [4.69, 9.17) is 17.3 Å². The van der Waals surface area contributed by atoms with Crippen molar-refractivity contribution in [1.82, 2.24) is 14.1 Å². The van der Waals surface area contributed by atoms with Crippen LogP contribution in [0.2, 0.25) is 4.34 Å². The Balaban J connectivity index is 1.39. The number of hydrogen-bond donors (Lipinski definition) is 1. The average Bonchev–Trinajstić information content (AvgIpc) is 3.20. The first kappa shape index (κ1) is 22.2. The van der Waals surface area contributed by atoms with Gasteiger partial charge in [-0.1, -0.05) is 35.9 Å². The van der Waals surface area contributed by atoms with Crippen molar-refractivity contribution in [2.45, 2.75) is 23.2 Å². The van der Waals surface area contributed by atoms with E-state index >= 15 is 0 Å². The standard InChI is InChI=1S/C20H23ClN4O4S2/c21-17-5-6-19(30-17)31(28,29)25-9-7-23(8-10-25)18(26)13-24-12-15-4-2-1-3-14(15)11-16(24)20(22)27/h1-6,16H,7-13H2,(H2,22,27). The van der Waals surface area contributed by atoms with Crippen molar-refractivity contribution in [1.29, 1.82) is 0 Å². The van der Waals surface area contributed by atoms with Crippen LogP contribution in [0.15, 0.2) is 40.6 Å². The van der Waals surface area contributed by atoms with E-state index in [0.717, 1.165) is 22.5 Å². The predicted octanol–water partition coefficient (Wildman–Crippen LogP) is 1.15. The number of fused-ring (bicyclic) bond motifs is 1. The van der Waals surface area contributed by atoms with Crippen molar-refractivity contribution in [2.75, 3.05) is 32.7 Å². The zero-order valence-electron chi connectivity index (χ0n) is 16.7. The molecule has 1 aromatic heterocycles. The predicted molar refractivity (Wildman–Crippen MR) is 118 cm³/mol. The molecule has 8 nitrogen and oxygen atoms in total. The molecule has 0 aliphatic carbocycles. The van der Waals surface area contributed by atoms with E-state index in [-0.39, 0.29) is 29.8 Å². The lowest BCUT2D eigenvalue weighted by Gasteiger charge is -2.38. The zero-order valence-corrected chi connectivity index (χ0v) is 19.1. The molecular weight excluding hydrogens is 460 g/mol. The minimum Gasteiger partial charge on any atom is -0.368 e. The van der Waals surface area contributed by atoms with Gasteiger partial charge in [0.05, 0.1) is 16.9 Å². The fourth-order valence-electron chi connectivity index (χ4n) is 4.04. The van der Waals surface area contributed by atoms with E-state index in [0.29, 0.717) is 30.4 Å². The van der Waals surface area contributed by atoms with Crippen LogP contribution in [0.5, 0.6) is 0 Å². The number of nitrogens with two attached hydrogens (primary N) is 1. The maximum atomic E-state index is 12.9. The fraction of sp³-hybridized carbons (Fsp3) is 0.400. The molecule has 166 valence electrons. The number of primary amides is 1. The normalized spacial score (nSPS) is 20.4. The van der Waals surface area contributed by atoms with Crippen LogP contribution in [-0.2, 0) is 32.6 Å². The lowest BCUT2D eigenvalue weighted by atomic mass is 9.93. The van der Waals surface area contributed by atoms with Crippen molar-refractivity contribution in [3.8, 4) is 0 Å². The molecule has 2 N–H and O–H groups in total. The summed E-state index contributed by atoms with van der Waals surface area (Å²) in [5.74, 6) is -0.588. The Morgan fingerprint density at radius 1 is 1.06 bits per heavy atom. The van der Waals surface area contributed by atoms with E-state index in [1.165, 1.54) is 10.4 Å². The number of nitrogens with zero attached hydrogens (tertiary/aromatic N) is 3. The smallest absolute Gasteiger partial charge is 0.252 e. The van der Waals surface area contributed by atoms with Gasteiger partial charge in [-0.3, -0.25) is 14.5 Å². The second-order valence-corrected chi connectivity index (χ2v) is 11.5. The number of carbonyl (C=O) groups is 2.